The maximum absolute atomic E-state index is 12.4. The first-order chi connectivity index (χ1) is 10.2. The number of carbonyl (C=O) groups is 1. The number of piperidine rings is 1. The zero-order valence-electron chi connectivity index (χ0n) is 13.6. The van der Waals surface area contributed by atoms with Crippen molar-refractivity contribution < 1.29 is 4.79 Å². The van der Waals surface area contributed by atoms with Crippen LogP contribution < -0.4 is 10.6 Å². The molecule has 0 aromatic rings. The van der Waals surface area contributed by atoms with Gasteiger partial charge in [-0.15, -0.1) is 0 Å². The number of nitrogens with one attached hydrogen (secondary N) is 2. The van der Waals surface area contributed by atoms with Gasteiger partial charge in [0.05, 0.1) is 0 Å². The lowest BCUT2D eigenvalue weighted by Crippen LogP contribution is -2.43. The Hall–Kier alpha value is -0.570. The summed E-state index contributed by atoms with van der Waals surface area (Å²) in [5.74, 6) is 1.67. The van der Waals surface area contributed by atoms with Gasteiger partial charge in [0.15, 0.2) is 0 Å². The molecule has 3 unspecified atom stereocenters. The summed E-state index contributed by atoms with van der Waals surface area (Å²) in [6.45, 7) is 2.23. The Kier molecular flexibility index (Phi) is 5.20. The van der Waals surface area contributed by atoms with E-state index in [9.17, 15) is 4.79 Å². The molecule has 0 spiro atoms. The molecule has 1 amide bonds. The molecule has 0 aromatic carbocycles. The maximum atomic E-state index is 12.4. The van der Waals surface area contributed by atoms with Crippen molar-refractivity contribution in [2.45, 2.75) is 95.7 Å². The summed E-state index contributed by atoms with van der Waals surface area (Å²) in [7, 11) is 0. The fraction of sp³-hybridized carbons (Fsp3) is 0.944. The van der Waals surface area contributed by atoms with Gasteiger partial charge < -0.3 is 10.6 Å². The summed E-state index contributed by atoms with van der Waals surface area (Å²) in [6, 6.07) is 1.82. The third-order valence-electron chi connectivity index (χ3n) is 6.05. The molecular weight excluding hydrogens is 260 g/mol. The van der Waals surface area contributed by atoms with Crippen molar-refractivity contribution in [3.05, 3.63) is 0 Å². The molecule has 21 heavy (non-hydrogen) atoms. The van der Waals surface area contributed by atoms with Gasteiger partial charge >= 0.3 is 0 Å². The number of fused-ring (bicyclic) bond motifs is 2. The first-order valence-corrected chi connectivity index (χ1v) is 9.30. The van der Waals surface area contributed by atoms with Crippen LogP contribution in [0.4, 0.5) is 0 Å². The molecule has 1 aliphatic carbocycles. The summed E-state index contributed by atoms with van der Waals surface area (Å²) in [5, 5.41) is 7.04. The standard InChI is InChI=1S/C18H32N2O/c1-2-17(14-6-4-3-5-7-14)20-18(21)12-13-10-15-8-9-16(11-13)19-15/h13-17,19H,2-12H2,1H3,(H,20,21). The summed E-state index contributed by atoms with van der Waals surface area (Å²) in [4.78, 5) is 12.4. The minimum Gasteiger partial charge on any atom is -0.353 e. The largest absolute Gasteiger partial charge is 0.353 e. The molecule has 0 aromatic heterocycles. The van der Waals surface area contributed by atoms with E-state index in [0.717, 1.165) is 18.8 Å². The first-order valence-electron chi connectivity index (χ1n) is 9.30. The Morgan fingerprint density at radius 3 is 2.38 bits per heavy atom. The third kappa shape index (κ3) is 4.00. The second-order valence-electron chi connectivity index (χ2n) is 7.66. The van der Waals surface area contributed by atoms with Gasteiger partial charge in [-0.05, 0) is 56.8 Å². The molecule has 2 bridgehead atoms. The number of amides is 1. The zero-order chi connectivity index (χ0) is 14.7. The van der Waals surface area contributed by atoms with Crippen LogP contribution in [-0.4, -0.2) is 24.0 Å². The third-order valence-corrected chi connectivity index (χ3v) is 6.05. The van der Waals surface area contributed by atoms with Crippen molar-refractivity contribution in [3.8, 4) is 0 Å². The molecule has 2 heterocycles. The highest BCUT2D eigenvalue weighted by molar-refractivity contribution is 5.76. The Morgan fingerprint density at radius 2 is 1.76 bits per heavy atom. The van der Waals surface area contributed by atoms with Crippen LogP contribution in [-0.2, 0) is 4.79 Å². The van der Waals surface area contributed by atoms with E-state index in [1.165, 1.54) is 57.8 Å². The lowest BCUT2D eigenvalue weighted by molar-refractivity contribution is -0.123. The predicted molar refractivity (Wildman–Crippen MR) is 86.1 cm³/mol. The second kappa shape index (κ2) is 7.13. The van der Waals surface area contributed by atoms with E-state index >= 15 is 0 Å². The van der Waals surface area contributed by atoms with Crippen molar-refractivity contribution in [2.24, 2.45) is 11.8 Å². The quantitative estimate of drug-likeness (QED) is 0.815. The molecule has 2 aliphatic heterocycles. The van der Waals surface area contributed by atoms with Crippen LogP contribution >= 0.6 is 0 Å². The van der Waals surface area contributed by atoms with E-state index < -0.39 is 0 Å². The van der Waals surface area contributed by atoms with Gasteiger partial charge in [-0.3, -0.25) is 4.79 Å². The average Bonchev–Trinajstić information content (AvgIpc) is 2.84. The number of rotatable bonds is 5. The topological polar surface area (TPSA) is 41.1 Å². The van der Waals surface area contributed by atoms with Gasteiger partial charge in [0, 0.05) is 24.5 Å². The van der Waals surface area contributed by atoms with Gasteiger partial charge in [-0.2, -0.15) is 0 Å². The molecular formula is C18H32N2O. The smallest absolute Gasteiger partial charge is 0.220 e. The van der Waals surface area contributed by atoms with E-state index in [1.54, 1.807) is 0 Å². The van der Waals surface area contributed by atoms with Gasteiger partial charge in [-0.1, -0.05) is 26.2 Å². The molecule has 3 atom stereocenters. The van der Waals surface area contributed by atoms with Crippen molar-refractivity contribution in [1.29, 1.82) is 0 Å². The SMILES string of the molecule is CCC(NC(=O)CC1CC2CCC(C1)N2)C1CCCCC1. The minimum atomic E-state index is 0.318. The van der Waals surface area contributed by atoms with Gasteiger partial charge in [0.1, 0.15) is 0 Å². The monoisotopic (exact) mass is 292 g/mol. The highest BCUT2D eigenvalue weighted by atomic mass is 16.1. The van der Waals surface area contributed by atoms with Crippen molar-refractivity contribution >= 4 is 5.91 Å². The molecule has 3 rings (SSSR count). The average molecular weight is 292 g/mol. The van der Waals surface area contributed by atoms with Crippen LogP contribution in [0.15, 0.2) is 0 Å². The molecule has 2 N–H and O–H groups in total. The summed E-state index contributed by atoms with van der Waals surface area (Å²) < 4.78 is 0. The maximum Gasteiger partial charge on any atom is 0.220 e. The molecule has 120 valence electrons. The predicted octanol–water partition coefficient (Wildman–Crippen LogP) is 3.38. The van der Waals surface area contributed by atoms with Crippen LogP contribution in [0, 0.1) is 11.8 Å². The second-order valence-corrected chi connectivity index (χ2v) is 7.66. The lowest BCUT2D eigenvalue weighted by Gasteiger charge is -2.32. The van der Waals surface area contributed by atoms with Crippen LogP contribution in [0.1, 0.15) is 77.6 Å². The highest BCUT2D eigenvalue weighted by Crippen LogP contribution is 2.33. The van der Waals surface area contributed by atoms with E-state index in [2.05, 4.69) is 17.6 Å². The Morgan fingerprint density at radius 1 is 1.10 bits per heavy atom. The number of carbonyl (C=O) groups excluding carboxylic acids is 1. The van der Waals surface area contributed by atoms with Gasteiger partial charge in [0.2, 0.25) is 5.91 Å². The fourth-order valence-electron chi connectivity index (χ4n) is 4.96. The minimum absolute atomic E-state index is 0.318. The lowest BCUT2D eigenvalue weighted by atomic mass is 9.82. The molecule has 3 fully saturated rings. The fourth-order valence-corrected chi connectivity index (χ4v) is 4.96. The molecule has 3 nitrogen and oxygen atoms in total. The first kappa shape index (κ1) is 15.3. The molecule has 1 saturated carbocycles. The van der Waals surface area contributed by atoms with E-state index in [-0.39, 0.29) is 0 Å². The molecule has 3 aliphatic rings. The van der Waals surface area contributed by atoms with E-state index in [4.69, 9.17) is 0 Å². The molecule has 0 radical (unpaired) electrons. The number of hydrogen-bond donors (Lipinski definition) is 2. The highest BCUT2D eigenvalue weighted by Gasteiger charge is 2.34. The van der Waals surface area contributed by atoms with Crippen molar-refractivity contribution in [2.75, 3.05) is 0 Å². The summed E-state index contributed by atoms with van der Waals surface area (Å²) >= 11 is 0. The normalized spacial score (nSPS) is 34.6. The Labute approximate surface area is 129 Å². The van der Waals surface area contributed by atoms with Gasteiger partial charge in [-0.25, -0.2) is 0 Å². The zero-order valence-corrected chi connectivity index (χ0v) is 13.6. The van der Waals surface area contributed by atoms with Crippen LogP contribution in [0.25, 0.3) is 0 Å². The summed E-state index contributed by atoms with van der Waals surface area (Å²) in [6.07, 6.45) is 13.7. The van der Waals surface area contributed by atoms with Crippen LogP contribution in [0.3, 0.4) is 0 Å². The van der Waals surface area contributed by atoms with E-state index in [0.29, 0.717) is 30.0 Å². The van der Waals surface area contributed by atoms with Crippen LogP contribution in [0.5, 0.6) is 0 Å². The Balaban J connectivity index is 1.46. The molecule has 3 heteroatoms. The summed E-state index contributed by atoms with van der Waals surface area (Å²) in [5.41, 5.74) is 0. The number of hydrogen-bond acceptors (Lipinski definition) is 2. The van der Waals surface area contributed by atoms with E-state index in [1.807, 2.05) is 0 Å². The molecule has 2 saturated heterocycles. The van der Waals surface area contributed by atoms with Crippen molar-refractivity contribution in [1.82, 2.24) is 10.6 Å². The van der Waals surface area contributed by atoms with Crippen molar-refractivity contribution in [3.63, 3.8) is 0 Å². The van der Waals surface area contributed by atoms with Crippen LogP contribution in [0.2, 0.25) is 0 Å². The van der Waals surface area contributed by atoms with Gasteiger partial charge in [0.25, 0.3) is 0 Å². The Bertz CT molecular complexity index is 339.